The Kier molecular flexibility index (Phi) is 3.97. The van der Waals surface area contributed by atoms with Crippen LogP contribution in [0.5, 0.6) is 5.75 Å². The molecule has 0 unspecified atom stereocenters. The molecule has 0 saturated heterocycles. The molecule has 1 amide bonds. The number of amides is 1. The summed E-state index contributed by atoms with van der Waals surface area (Å²) >= 11 is 0. The van der Waals surface area contributed by atoms with Crippen molar-refractivity contribution < 1.29 is 23.8 Å². The lowest BCUT2D eigenvalue weighted by Crippen LogP contribution is -2.37. The van der Waals surface area contributed by atoms with Gasteiger partial charge in [0.15, 0.2) is 6.10 Å². The van der Waals surface area contributed by atoms with Gasteiger partial charge in [0.1, 0.15) is 11.6 Å². The minimum Gasteiger partial charge on any atom is -0.480 e. The molecule has 0 radical (unpaired) electrons. The Balaban J connectivity index is 1.57. The number of carboxylic acids is 1. The minimum absolute atomic E-state index is 0.191. The Bertz CT molecular complexity index is 758. The first-order valence-corrected chi connectivity index (χ1v) is 7.08. The number of carbonyl (C=O) groups is 2. The summed E-state index contributed by atoms with van der Waals surface area (Å²) in [5, 5.41) is 11.6. The molecule has 0 saturated carbocycles. The molecule has 5 nitrogen and oxygen atoms in total. The first kappa shape index (κ1) is 15.0. The predicted molar refractivity (Wildman–Crippen MR) is 79.8 cm³/mol. The number of carboxylic acid groups (broad SMARTS) is 1. The number of hydrogen-bond donors (Lipinski definition) is 2. The van der Waals surface area contributed by atoms with Crippen LogP contribution in [0.15, 0.2) is 42.5 Å². The zero-order chi connectivity index (χ0) is 16.4. The number of rotatable bonds is 4. The highest BCUT2D eigenvalue weighted by Crippen LogP contribution is 2.29. The summed E-state index contributed by atoms with van der Waals surface area (Å²) in [5.41, 5.74) is 1.65. The van der Waals surface area contributed by atoms with Crippen LogP contribution in [0.1, 0.15) is 21.5 Å². The molecule has 2 N–H and O–H groups in total. The van der Waals surface area contributed by atoms with Crippen molar-refractivity contribution in [3.63, 3.8) is 0 Å². The molecule has 0 aliphatic carbocycles. The second kappa shape index (κ2) is 6.08. The molecule has 1 aliphatic rings. The Hall–Kier alpha value is -2.89. The number of hydrogen-bond acceptors (Lipinski definition) is 3. The number of ether oxygens (including phenoxy) is 1. The van der Waals surface area contributed by atoms with Gasteiger partial charge in [0.25, 0.3) is 5.91 Å². The van der Waals surface area contributed by atoms with Gasteiger partial charge in [-0.05, 0) is 35.9 Å². The van der Waals surface area contributed by atoms with Gasteiger partial charge in [0, 0.05) is 18.5 Å². The summed E-state index contributed by atoms with van der Waals surface area (Å²) < 4.78 is 18.7. The summed E-state index contributed by atoms with van der Waals surface area (Å²) in [6.07, 6.45) is -0.346. The van der Waals surface area contributed by atoms with Crippen LogP contribution < -0.4 is 10.1 Å². The Labute approximate surface area is 131 Å². The van der Waals surface area contributed by atoms with Crippen LogP contribution in [0.2, 0.25) is 0 Å². The van der Waals surface area contributed by atoms with Crippen molar-refractivity contribution in [2.75, 3.05) is 0 Å². The average molecular weight is 315 g/mol. The number of carbonyl (C=O) groups excluding carboxylic acids is 1. The molecule has 3 rings (SSSR count). The van der Waals surface area contributed by atoms with Gasteiger partial charge in [-0.25, -0.2) is 9.18 Å². The zero-order valence-corrected chi connectivity index (χ0v) is 12.1. The van der Waals surface area contributed by atoms with Crippen LogP contribution in [0, 0.1) is 5.82 Å². The van der Waals surface area contributed by atoms with Crippen LogP contribution in [0.3, 0.4) is 0 Å². The van der Waals surface area contributed by atoms with E-state index in [0.717, 1.165) is 5.56 Å². The van der Waals surface area contributed by atoms with Gasteiger partial charge in [-0.15, -0.1) is 0 Å². The molecule has 6 heteroatoms. The van der Waals surface area contributed by atoms with Crippen molar-refractivity contribution in [3.8, 4) is 5.75 Å². The van der Waals surface area contributed by atoms with Gasteiger partial charge in [-0.3, -0.25) is 4.79 Å². The molecule has 1 heterocycles. The van der Waals surface area contributed by atoms with Crippen molar-refractivity contribution in [3.05, 3.63) is 65.0 Å². The molecular formula is C17H14FNO4. The van der Waals surface area contributed by atoms with Gasteiger partial charge in [0.05, 0.1) is 5.56 Å². The smallest absolute Gasteiger partial charge is 0.335 e. The summed E-state index contributed by atoms with van der Waals surface area (Å²) in [6.45, 7) is 0.267. The number of aromatic carboxylic acids is 1. The Morgan fingerprint density at radius 1 is 1.22 bits per heavy atom. The van der Waals surface area contributed by atoms with Crippen molar-refractivity contribution >= 4 is 11.9 Å². The van der Waals surface area contributed by atoms with Crippen molar-refractivity contribution in [2.24, 2.45) is 0 Å². The van der Waals surface area contributed by atoms with Gasteiger partial charge < -0.3 is 15.2 Å². The van der Waals surface area contributed by atoms with Crippen molar-refractivity contribution in [1.29, 1.82) is 0 Å². The van der Waals surface area contributed by atoms with E-state index in [-0.39, 0.29) is 23.8 Å². The van der Waals surface area contributed by atoms with E-state index >= 15 is 0 Å². The van der Waals surface area contributed by atoms with E-state index in [4.69, 9.17) is 9.84 Å². The highest BCUT2D eigenvalue weighted by Gasteiger charge is 2.29. The molecule has 0 bridgehead atoms. The number of fused-ring (bicyclic) bond motifs is 1. The van der Waals surface area contributed by atoms with Crippen LogP contribution in [-0.4, -0.2) is 23.1 Å². The maximum atomic E-state index is 13.2. The SMILES string of the molecule is O=C(O)c1ccc(CNC(=O)[C@H]2Cc3cc(F)ccc3O2)cc1. The Morgan fingerprint density at radius 2 is 1.96 bits per heavy atom. The molecule has 23 heavy (non-hydrogen) atoms. The van der Waals surface area contributed by atoms with E-state index in [2.05, 4.69) is 5.32 Å². The minimum atomic E-state index is -0.995. The molecule has 118 valence electrons. The third-order valence-electron chi connectivity index (χ3n) is 3.66. The molecule has 2 aromatic carbocycles. The quantitative estimate of drug-likeness (QED) is 0.906. The lowest BCUT2D eigenvalue weighted by atomic mass is 10.1. The van der Waals surface area contributed by atoms with Gasteiger partial charge in [-0.1, -0.05) is 12.1 Å². The number of benzene rings is 2. The monoisotopic (exact) mass is 315 g/mol. The second-order valence-corrected chi connectivity index (χ2v) is 5.28. The maximum Gasteiger partial charge on any atom is 0.335 e. The van der Waals surface area contributed by atoms with Crippen LogP contribution >= 0.6 is 0 Å². The summed E-state index contributed by atoms with van der Waals surface area (Å²) in [6, 6.07) is 10.4. The molecule has 2 aromatic rings. The largest absolute Gasteiger partial charge is 0.480 e. The zero-order valence-electron chi connectivity index (χ0n) is 12.1. The molecule has 1 atom stereocenters. The van der Waals surface area contributed by atoms with E-state index < -0.39 is 12.1 Å². The highest BCUT2D eigenvalue weighted by atomic mass is 19.1. The maximum absolute atomic E-state index is 13.2. The van der Waals surface area contributed by atoms with Crippen molar-refractivity contribution in [2.45, 2.75) is 19.1 Å². The first-order chi connectivity index (χ1) is 11.0. The van der Waals surface area contributed by atoms with E-state index in [0.29, 0.717) is 17.7 Å². The first-order valence-electron chi connectivity index (χ1n) is 7.08. The van der Waals surface area contributed by atoms with Gasteiger partial charge in [-0.2, -0.15) is 0 Å². The molecular weight excluding hydrogens is 301 g/mol. The topological polar surface area (TPSA) is 75.6 Å². The number of nitrogens with one attached hydrogen (secondary N) is 1. The molecule has 0 aromatic heterocycles. The van der Waals surface area contributed by atoms with E-state index in [1.54, 1.807) is 12.1 Å². The third-order valence-corrected chi connectivity index (χ3v) is 3.66. The second-order valence-electron chi connectivity index (χ2n) is 5.28. The molecule has 1 aliphatic heterocycles. The fourth-order valence-corrected chi connectivity index (χ4v) is 2.43. The van der Waals surface area contributed by atoms with Crippen LogP contribution in [0.25, 0.3) is 0 Å². The van der Waals surface area contributed by atoms with Crippen LogP contribution in [-0.2, 0) is 17.8 Å². The van der Waals surface area contributed by atoms with E-state index in [1.165, 1.54) is 30.3 Å². The average Bonchev–Trinajstić information content (AvgIpc) is 2.96. The van der Waals surface area contributed by atoms with Gasteiger partial charge >= 0.3 is 5.97 Å². The fraction of sp³-hybridized carbons (Fsp3) is 0.176. The summed E-state index contributed by atoms with van der Waals surface area (Å²) in [4.78, 5) is 22.9. The van der Waals surface area contributed by atoms with Gasteiger partial charge in [0.2, 0.25) is 0 Å². The number of halogens is 1. The summed E-state index contributed by atoms with van der Waals surface area (Å²) in [7, 11) is 0. The van der Waals surface area contributed by atoms with Crippen LogP contribution in [0.4, 0.5) is 4.39 Å². The third kappa shape index (κ3) is 3.31. The summed E-state index contributed by atoms with van der Waals surface area (Å²) in [5.74, 6) is -1.11. The lowest BCUT2D eigenvalue weighted by molar-refractivity contribution is -0.127. The van der Waals surface area contributed by atoms with E-state index in [9.17, 15) is 14.0 Å². The van der Waals surface area contributed by atoms with Crippen molar-refractivity contribution in [1.82, 2.24) is 5.32 Å². The standard InChI is InChI=1S/C17H14FNO4/c18-13-5-6-14-12(7-13)8-15(23-14)16(20)19-9-10-1-3-11(4-2-10)17(21)22/h1-7,15H,8-9H2,(H,19,20)(H,21,22)/t15-/m1/s1. The Morgan fingerprint density at radius 3 is 2.65 bits per heavy atom. The highest BCUT2D eigenvalue weighted by molar-refractivity contribution is 5.87. The predicted octanol–water partition coefficient (Wildman–Crippen LogP) is 2.14. The molecule has 0 spiro atoms. The fourth-order valence-electron chi connectivity index (χ4n) is 2.43. The normalized spacial score (nSPS) is 15.6. The lowest BCUT2D eigenvalue weighted by Gasteiger charge is -2.11. The van der Waals surface area contributed by atoms with E-state index in [1.807, 2.05) is 0 Å². The molecule has 0 fully saturated rings.